The third-order valence-electron chi connectivity index (χ3n) is 2.00. The van der Waals surface area contributed by atoms with Gasteiger partial charge in [-0.25, -0.2) is 0 Å². The summed E-state index contributed by atoms with van der Waals surface area (Å²) in [5.41, 5.74) is 0.811. The summed E-state index contributed by atoms with van der Waals surface area (Å²) in [6.45, 7) is 0. The van der Waals surface area contributed by atoms with Crippen molar-refractivity contribution < 1.29 is 9.53 Å². The molecule has 1 aromatic rings. The van der Waals surface area contributed by atoms with E-state index in [0.717, 1.165) is 11.3 Å². The highest BCUT2D eigenvalue weighted by Gasteiger charge is 2.33. The molecule has 0 unspecified atom stereocenters. The molecule has 0 saturated carbocycles. The number of benzene rings is 1. The number of hydrogen-bond acceptors (Lipinski definition) is 2. The van der Waals surface area contributed by atoms with Gasteiger partial charge in [-0.3, -0.25) is 9.63 Å². The zero-order valence-corrected chi connectivity index (χ0v) is 10.7. The van der Waals surface area contributed by atoms with Crippen LogP contribution in [0.15, 0.2) is 24.3 Å². The van der Waals surface area contributed by atoms with Gasteiger partial charge in [0.25, 0.3) is 5.91 Å². The monoisotopic (exact) mass is 281 g/mol. The summed E-state index contributed by atoms with van der Waals surface area (Å²) in [5.74, 6) is 0.0774. The predicted molar refractivity (Wildman–Crippen MR) is 65.1 cm³/mol. The van der Waals surface area contributed by atoms with E-state index in [1.807, 2.05) is 4.84 Å². The molecular formula is C10H10Cl3NO2. The maximum Gasteiger partial charge on any atom is 0.271 e. The summed E-state index contributed by atoms with van der Waals surface area (Å²) in [6, 6.07) is 7.08. The SMILES string of the molecule is COc1ccc(CC(Cl)(Cl)C(=O)NCl)cc1. The van der Waals surface area contributed by atoms with Crippen LogP contribution in [-0.4, -0.2) is 17.4 Å². The van der Waals surface area contributed by atoms with Crippen molar-refractivity contribution in [3.8, 4) is 5.75 Å². The zero-order chi connectivity index (χ0) is 12.2. The second kappa shape index (κ2) is 5.62. The molecule has 6 heteroatoms. The molecule has 1 rings (SSSR count). The molecule has 1 N–H and O–H groups in total. The average molecular weight is 283 g/mol. The first-order valence-corrected chi connectivity index (χ1v) is 5.55. The van der Waals surface area contributed by atoms with Gasteiger partial charge in [-0.2, -0.15) is 0 Å². The van der Waals surface area contributed by atoms with Crippen LogP contribution in [0.5, 0.6) is 5.75 Å². The van der Waals surface area contributed by atoms with E-state index in [1.54, 1.807) is 31.4 Å². The summed E-state index contributed by atoms with van der Waals surface area (Å²) in [5, 5.41) is 0. The summed E-state index contributed by atoms with van der Waals surface area (Å²) in [6.07, 6.45) is 0.165. The van der Waals surface area contributed by atoms with Crippen LogP contribution in [0.25, 0.3) is 0 Å². The molecule has 0 aliphatic heterocycles. The molecule has 0 radical (unpaired) electrons. The molecule has 0 heterocycles. The molecule has 0 aromatic heterocycles. The molecule has 0 atom stereocenters. The standard InChI is InChI=1S/C10H10Cl3NO2/c1-16-8-4-2-7(3-5-8)6-10(11,12)9(15)14-13/h2-5H,6H2,1H3,(H,14,15). The zero-order valence-electron chi connectivity index (χ0n) is 8.47. The molecule has 0 saturated heterocycles. The van der Waals surface area contributed by atoms with Crippen molar-refractivity contribution in [1.82, 2.24) is 4.84 Å². The largest absolute Gasteiger partial charge is 0.497 e. The Balaban J connectivity index is 2.76. The molecule has 3 nitrogen and oxygen atoms in total. The lowest BCUT2D eigenvalue weighted by Gasteiger charge is -2.16. The van der Waals surface area contributed by atoms with E-state index in [-0.39, 0.29) is 6.42 Å². The topological polar surface area (TPSA) is 38.3 Å². The number of amides is 1. The molecule has 88 valence electrons. The van der Waals surface area contributed by atoms with Crippen LogP contribution in [-0.2, 0) is 11.2 Å². The lowest BCUT2D eigenvalue weighted by atomic mass is 10.1. The Morgan fingerprint density at radius 2 is 1.94 bits per heavy atom. The van der Waals surface area contributed by atoms with Gasteiger partial charge in [0, 0.05) is 18.2 Å². The van der Waals surface area contributed by atoms with E-state index in [2.05, 4.69) is 0 Å². The van der Waals surface area contributed by atoms with Crippen molar-refractivity contribution in [3.05, 3.63) is 29.8 Å². The van der Waals surface area contributed by atoms with Gasteiger partial charge in [0.2, 0.25) is 4.33 Å². The predicted octanol–water partition coefficient (Wildman–Crippen LogP) is 2.68. The number of nitrogens with one attached hydrogen (secondary N) is 1. The van der Waals surface area contributed by atoms with Crippen LogP contribution in [0.1, 0.15) is 5.56 Å². The fraction of sp³-hybridized carbons (Fsp3) is 0.300. The van der Waals surface area contributed by atoms with Gasteiger partial charge < -0.3 is 4.74 Å². The van der Waals surface area contributed by atoms with Crippen molar-refractivity contribution in [1.29, 1.82) is 0 Å². The second-order valence-corrected chi connectivity index (χ2v) is 4.83. The van der Waals surface area contributed by atoms with Gasteiger partial charge in [-0.05, 0) is 17.7 Å². The van der Waals surface area contributed by atoms with Crippen LogP contribution in [0.4, 0.5) is 0 Å². The lowest BCUT2D eigenvalue weighted by Crippen LogP contribution is -2.35. The van der Waals surface area contributed by atoms with Gasteiger partial charge in [0.15, 0.2) is 0 Å². The number of carbonyl (C=O) groups is 1. The van der Waals surface area contributed by atoms with Gasteiger partial charge in [-0.1, -0.05) is 35.3 Å². The summed E-state index contributed by atoms with van der Waals surface area (Å²) in [4.78, 5) is 13.1. The van der Waals surface area contributed by atoms with Gasteiger partial charge >= 0.3 is 0 Å². The van der Waals surface area contributed by atoms with Crippen molar-refractivity contribution in [3.63, 3.8) is 0 Å². The van der Waals surface area contributed by atoms with E-state index < -0.39 is 10.2 Å². The van der Waals surface area contributed by atoms with E-state index in [1.165, 1.54) is 0 Å². The first-order valence-electron chi connectivity index (χ1n) is 4.41. The maximum absolute atomic E-state index is 11.2. The third-order valence-corrected chi connectivity index (χ3v) is 2.79. The first-order chi connectivity index (χ1) is 7.49. The number of hydrogen-bond donors (Lipinski definition) is 1. The molecule has 0 bridgehead atoms. The molecule has 16 heavy (non-hydrogen) atoms. The fourth-order valence-electron chi connectivity index (χ4n) is 1.15. The number of ether oxygens (including phenoxy) is 1. The average Bonchev–Trinajstić information content (AvgIpc) is 2.28. The van der Waals surface area contributed by atoms with Crippen LogP contribution >= 0.6 is 35.0 Å². The first kappa shape index (κ1) is 13.4. The van der Waals surface area contributed by atoms with Crippen LogP contribution in [0.3, 0.4) is 0 Å². The quantitative estimate of drug-likeness (QED) is 0.681. The van der Waals surface area contributed by atoms with Crippen molar-refractivity contribution in [2.45, 2.75) is 10.8 Å². The molecule has 0 spiro atoms. The molecule has 1 aromatic carbocycles. The van der Waals surface area contributed by atoms with E-state index in [9.17, 15) is 4.79 Å². The minimum absolute atomic E-state index is 0.165. The summed E-state index contributed by atoms with van der Waals surface area (Å²) >= 11 is 16.8. The second-order valence-electron chi connectivity index (χ2n) is 3.15. The van der Waals surface area contributed by atoms with E-state index >= 15 is 0 Å². The van der Waals surface area contributed by atoms with Crippen LogP contribution < -0.4 is 9.57 Å². The van der Waals surface area contributed by atoms with Crippen molar-refractivity contribution in [2.24, 2.45) is 0 Å². The summed E-state index contributed by atoms with van der Waals surface area (Å²) < 4.78 is 3.43. The van der Waals surface area contributed by atoms with Gasteiger partial charge in [0.05, 0.1) is 7.11 Å². The highest BCUT2D eigenvalue weighted by atomic mass is 35.5. The Morgan fingerprint density at radius 3 is 2.38 bits per heavy atom. The molecule has 0 aliphatic carbocycles. The van der Waals surface area contributed by atoms with Crippen LogP contribution in [0.2, 0.25) is 0 Å². The van der Waals surface area contributed by atoms with Crippen LogP contribution in [0, 0.1) is 0 Å². The Bertz CT molecular complexity index is 365. The number of rotatable bonds is 4. The third kappa shape index (κ3) is 3.44. The van der Waals surface area contributed by atoms with Gasteiger partial charge in [-0.15, -0.1) is 0 Å². The molecule has 1 amide bonds. The normalized spacial score (nSPS) is 11.0. The molecule has 0 fully saturated rings. The minimum Gasteiger partial charge on any atom is -0.497 e. The molecule has 0 aliphatic rings. The minimum atomic E-state index is -1.57. The highest BCUT2D eigenvalue weighted by molar-refractivity contribution is 6.59. The Hall–Kier alpha value is -0.640. The number of methoxy groups -OCH3 is 1. The molecular weight excluding hydrogens is 272 g/mol. The number of alkyl halides is 2. The maximum atomic E-state index is 11.2. The number of halogens is 3. The van der Waals surface area contributed by atoms with Crippen molar-refractivity contribution in [2.75, 3.05) is 7.11 Å². The van der Waals surface area contributed by atoms with Gasteiger partial charge in [0.1, 0.15) is 5.75 Å². The smallest absolute Gasteiger partial charge is 0.271 e. The van der Waals surface area contributed by atoms with Crippen molar-refractivity contribution >= 4 is 40.9 Å². The Kier molecular flexibility index (Phi) is 4.71. The van der Waals surface area contributed by atoms with E-state index in [0.29, 0.717) is 0 Å². The lowest BCUT2D eigenvalue weighted by molar-refractivity contribution is -0.120. The number of carbonyl (C=O) groups excluding carboxylic acids is 1. The fourth-order valence-corrected chi connectivity index (χ4v) is 1.81. The Labute approximate surface area is 109 Å². The van der Waals surface area contributed by atoms with E-state index in [4.69, 9.17) is 39.7 Å². The Morgan fingerprint density at radius 1 is 1.38 bits per heavy atom. The highest BCUT2D eigenvalue weighted by Crippen LogP contribution is 2.27. The summed E-state index contributed by atoms with van der Waals surface area (Å²) in [7, 11) is 1.57.